The summed E-state index contributed by atoms with van der Waals surface area (Å²) in [7, 11) is 0. The lowest BCUT2D eigenvalue weighted by molar-refractivity contribution is 0.110. The van der Waals surface area contributed by atoms with Crippen LogP contribution in [0.2, 0.25) is 0 Å². The third-order valence-electron chi connectivity index (χ3n) is 8.65. The molecule has 3 fully saturated rings. The number of hydrogen-bond acceptors (Lipinski definition) is 0. The molecular formula is C27H39I. The Morgan fingerprint density at radius 2 is 1.11 bits per heavy atom. The van der Waals surface area contributed by atoms with Crippen molar-refractivity contribution in [2.75, 3.05) is 0 Å². The SMILES string of the molecule is C=CCC1CCC(C2CCC(C3CCC(c4ccc(I)cc4)CC3)CC2)CC1. The minimum Gasteiger partial charge on any atom is -0.103 e. The Hall–Kier alpha value is -0.310. The van der Waals surface area contributed by atoms with Gasteiger partial charge in [-0.2, -0.15) is 0 Å². The van der Waals surface area contributed by atoms with Crippen molar-refractivity contribution in [1.82, 2.24) is 0 Å². The zero-order valence-electron chi connectivity index (χ0n) is 17.6. The fourth-order valence-electron chi connectivity index (χ4n) is 6.88. The third kappa shape index (κ3) is 5.24. The van der Waals surface area contributed by atoms with E-state index in [1.54, 1.807) is 18.4 Å². The van der Waals surface area contributed by atoms with E-state index in [0.717, 1.165) is 35.5 Å². The molecule has 1 heteroatoms. The van der Waals surface area contributed by atoms with E-state index in [0.29, 0.717) is 0 Å². The molecular weight excluding hydrogens is 451 g/mol. The van der Waals surface area contributed by atoms with Gasteiger partial charge in [0.05, 0.1) is 0 Å². The molecule has 0 atom stereocenters. The van der Waals surface area contributed by atoms with Gasteiger partial charge < -0.3 is 0 Å². The largest absolute Gasteiger partial charge is 0.103 e. The van der Waals surface area contributed by atoms with Gasteiger partial charge in [-0.25, -0.2) is 0 Å². The van der Waals surface area contributed by atoms with E-state index < -0.39 is 0 Å². The van der Waals surface area contributed by atoms with Crippen LogP contribution in [0, 0.1) is 33.2 Å². The van der Waals surface area contributed by atoms with Crippen LogP contribution in [0.3, 0.4) is 0 Å². The Morgan fingerprint density at radius 1 is 0.679 bits per heavy atom. The molecule has 3 saturated carbocycles. The van der Waals surface area contributed by atoms with Crippen molar-refractivity contribution in [3.8, 4) is 0 Å². The maximum absolute atomic E-state index is 3.94. The molecule has 1 aromatic carbocycles. The molecule has 0 aromatic heterocycles. The molecule has 0 aliphatic heterocycles. The molecule has 0 heterocycles. The lowest BCUT2D eigenvalue weighted by atomic mass is 9.64. The minimum atomic E-state index is 0.829. The monoisotopic (exact) mass is 490 g/mol. The summed E-state index contributed by atoms with van der Waals surface area (Å²) < 4.78 is 1.36. The van der Waals surface area contributed by atoms with E-state index in [9.17, 15) is 0 Å². The highest BCUT2D eigenvalue weighted by molar-refractivity contribution is 14.1. The Labute approximate surface area is 187 Å². The predicted octanol–water partition coefficient (Wildman–Crippen LogP) is 8.75. The van der Waals surface area contributed by atoms with Crippen molar-refractivity contribution in [2.24, 2.45) is 29.6 Å². The first-order valence-corrected chi connectivity index (χ1v) is 13.2. The van der Waals surface area contributed by atoms with E-state index >= 15 is 0 Å². The van der Waals surface area contributed by atoms with Crippen LogP contribution in [-0.2, 0) is 0 Å². The lowest BCUT2D eigenvalue weighted by Gasteiger charge is -2.41. The summed E-state index contributed by atoms with van der Waals surface area (Å²) in [5, 5.41) is 0. The summed E-state index contributed by atoms with van der Waals surface area (Å²) in [6.45, 7) is 3.94. The average molecular weight is 491 g/mol. The van der Waals surface area contributed by atoms with Crippen LogP contribution in [0.5, 0.6) is 0 Å². The summed E-state index contributed by atoms with van der Waals surface area (Å²) in [4.78, 5) is 0. The van der Waals surface area contributed by atoms with Gasteiger partial charge >= 0.3 is 0 Å². The topological polar surface area (TPSA) is 0 Å². The van der Waals surface area contributed by atoms with Crippen molar-refractivity contribution in [3.05, 3.63) is 46.1 Å². The zero-order valence-corrected chi connectivity index (χ0v) is 19.8. The molecule has 1 aromatic rings. The molecule has 0 saturated heterocycles. The van der Waals surface area contributed by atoms with Crippen molar-refractivity contribution in [2.45, 2.75) is 89.4 Å². The molecule has 0 amide bonds. The van der Waals surface area contributed by atoms with Crippen LogP contribution in [-0.4, -0.2) is 0 Å². The van der Waals surface area contributed by atoms with E-state index in [1.807, 2.05) is 0 Å². The molecule has 0 spiro atoms. The number of benzene rings is 1. The summed E-state index contributed by atoms with van der Waals surface area (Å²) in [6, 6.07) is 9.33. The molecule has 0 nitrogen and oxygen atoms in total. The van der Waals surface area contributed by atoms with Gasteiger partial charge in [0.15, 0.2) is 0 Å². The quantitative estimate of drug-likeness (QED) is 0.286. The molecule has 3 aliphatic carbocycles. The van der Waals surface area contributed by atoms with Crippen LogP contribution >= 0.6 is 22.6 Å². The molecule has 0 radical (unpaired) electrons. The van der Waals surface area contributed by atoms with Crippen LogP contribution in [0.15, 0.2) is 36.9 Å². The van der Waals surface area contributed by atoms with E-state index in [-0.39, 0.29) is 0 Å². The molecule has 0 N–H and O–H groups in total. The van der Waals surface area contributed by atoms with Gasteiger partial charge in [-0.1, -0.05) is 18.2 Å². The molecule has 0 bridgehead atoms. The highest BCUT2D eigenvalue weighted by atomic mass is 127. The Morgan fingerprint density at radius 3 is 1.57 bits per heavy atom. The second kappa shape index (κ2) is 10.1. The van der Waals surface area contributed by atoms with Crippen LogP contribution < -0.4 is 0 Å². The number of halogens is 1. The van der Waals surface area contributed by atoms with Gasteiger partial charge in [-0.05, 0) is 159 Å². The first-order chi connectivity index (χ1) is 13.7. The average Bonchev–Trinajstić information content (AvgIpc) is 2.75. The van der Waals surface area contributed by atoms with Crippen LogP contribution in [0.4, 0.5) is 0 Å². The summed E-state index contributed by atoms with van der Waals surface area (Å²) in [5.74, 6) is 5.97. The highest BCUT2D eigenvalue weighted by Gasteiger charge is 2.34. The normalized spacial score (nSPS) is 36.8. The van der Waals surface area contributed by atoms with E-state index in [4.69, 9.17) is 0 Å². The third-order valence-corrected chi connectivity index (χ3v) is 9.37. The standard InChI is InChI=1S/C27H39I/c1-2-3-20-4-6-21(7-5-20)22-8-10-23(11-9-22)24-12-14-25(15-13-24)26-16-18-27(28)19-17-26/h2,16-25H,1,3-15H2. The minimum absolute atomic E-state index is 0.829. The van der Waals surface area contributed by atoms with Gasteiger partial charge in [0, 0.05) is 3.57 Å². The van der Waals surface area contributed by atoms with E-state index in [1.165, 1.54) is 74.2 Å². The number of allylic oxidation sites excluding steroid dienone is 1. The predicted molar refractivity (Wildman–Crippen MR) is 130 cm³/mol. The smallest absolute Gasteiger partial charge is 0.0130 e. The van der Waals surface area contributed by atoms with Gasteiger partial charge in [-0.3, -0.25) is 0 Å². The van der Waals surface area contributed by atoms with Gasteiger partial charge in [-0.15, -0.1) is 6.58 Å². The molecule has 4 rings (SSSR count). The van der Waals surface area contributed by atoms with Gasteiger partial charge in [0.2, 0.25) is 0 Å². The summed E-state index contributed by atoms with van der Waals surface area (Å²) in [5.41, 5.74) is 1.59. The first-order valence-electron chi connectivity index (χ1n) is 12.1. The maximum Gasteiger partial charge on any atom is 0.0130 e. The van der Waals surface area contributed by atoms with Crippen molar-refractivity contribution in [3.63, 3.8) is 0 Å². The fraction of sp³-hybridized carbons (Fsp3) is 0.704. The Balaban J connectivity index is 1.20. The van der Waals surface area contributed by atoms with Crippen molar-refractivity contribution < 1.29 is 0 Å². The van der Waals surface area contributed by atoms with E-state index in [2.05, 4.69) is 59.5 Å². The lowest BCUT2D eigenvalue weighted by Crippen LogP contribution is -2.29. The van der Waals surface area contributed by atoms with Crippen molar-refractivity contribution in [1.29, 1.82) is 0 Å². The fourth-order valence-corrected chi connectivity index (χ4v) is 7.24. The molecule has 0 unspecified atom stereocenters. The Bertz CT molecular complexity index is 594. The molecule has 28 heavy (non-hydrogen) atoms. The van der Waals surface area contributed by atoms with Gasteiger partial charge in [0.25, 0.3) is 0 Å². The summed E-state index contributed by atoms with van der Waals surface area (Å²) in [6.07, 6.45) is 21.3. The molecule has 154 valence electrons. The highest BCUT2D eigenvalue weighted by Crippen LogP contribution is 2.47. The zero-order chi connectivity index (χ0) is 19.3. The first kappa shape index (κ1) is 20.9. The second-order valence-electron chi connectivity index (χ2n) is 10.1. The van der Waals surface area contributed by atoms with Crippen LogP contribution in [0.1, 0.15) is 95.0 Å². The van der Waals surface area contributed by atoms with Crippen molar-refractivity contribution >= 4 is 22.6 Å². The Kier molecular flexibility index (Phi) is 7.58. The summed E-state index contributed by atoms with van der Waals surface area (Å²) >= 11 is 2.42. The van der Waals surface area contributed by atoms with Gasteiger partial charge in [0.1, 0.15) is 0 Å². The van der Waals surface area contributed by atoms with Crippen LogP contribution in [0.25, 0.3) is 0 Å². The second-order valence-corrected chi connectivity index (χ2v) is 11.4. The number of hydrogen-bond donors (Lipinski definition) is 0. The maximum atomic E-state index is 3.94. The molecule has 3 aliphatic rings. The number of rotatable bonds is 5.